The van der Waals surface area contributed by atoms with E-state index in [1.165, 1.54) is 23.1 Å². The number of furan rings is 1. The molecule has 0 radical (unpaired) electrons. The van der Waals surface area contributed by atoms with E-state index in [1.54, 1.807) is 54.6 Å². The van der Waals surface area contributed by atoms with E-state index in [4.69, 9.17) is 14.9 Å². The van der Waals surface area contributed by atoms with Crippen LogP contribution < -0.4 is 20.7 Å². The number of carbonyl (C=O) groups excluding carboxylic acids is 2. The fourth-order valence-corrected chi connectivity index (χ4v) is 3.46. The first-order valence-electron chi connectivity index (χ1n) is 11.1. The molecule has 0 unspecified atom stereocenters. The summed E-state index contributed by atoms with van der Waals surface area (Å²) >= 11 is 0. The number of nitrogen functional groups attached to an aromatic ring is 1. The average molecular weight is 513 g/mol. The Morgan fingerprint density at radius 1 is 1.05 bits per heavy atom. The van der Waals surface area contributed by atoms with Crippen LogP contribution in [0, 0.1) is 0 Å². The van der Waals surface area contributed by atoms with Gasteiger partial charge in [0.2, 0.25) is 12.3 Å². The van der Waals surface area contributed by atoms with E-state index in [9.17, 15) is 22.8 Å². The first-order valence-corrected chi connectivity index (χ1v) is 11.1. The molecule has 11 heteroatoms. The molecule has 0 aliphatic carbocycles. The Hall–Kier alpha value is -4.51. The Morgan fingerprint density at radius 2 is 1.81 bits per heavy atom. The van der Waals surface area contributed by atoms with Crippen LogP contribution in [0.2, 0.25) is 0 Å². The summed E-state index contributed by atoms with van der Waals surface area (Å²) in [5.41, 5.74) is 7.94. The van der Waals surface area contributed by atoms with Crippen molar-refractivity contribution in [2.75, 3.05) is 29.1 Å². The van der Waals surface area contributed by atoms with E-state index in [2.05, 4.69) is 10.1 Å². The summed E-state index contributed by atoms with van der Waals surface area (Å²) in [4.78, 5) is 25.3. The van der Waals surface area contributed by atoms with E-state index in [-0.39, 0.29) is 24.9 Å². The van der Waals surface area contributed by atoms with Gasteiger partial charge in [-0.05, 0) is 54.1 Å². The number of carbonyl (C=O) groups is 2. The van der Waals surface area contributed by atoms with Crippen molar-refractivity contribution in [1.29, 1.82) is 0 Å². The van der Waals surface area contributed by atoms with E-state index in [1.807, 2.05) is 0 Å². The van der Waals surface area contributed by atoms with Gasteiger partial charge in [0.05, 0.1) is 24.5 Å². The Balaban J connectivity index is 1.32. The number of para-hydroxylation sites is 2. The van der Waals surface area contributed by atoms with Crippen LogP contribution in [-0.2, 0) is 16.1 Å². The van der Waals surface area contributed by atoms with Gasteiger partial charge in [0.25, 0.3) is 5.91 Å². The molecule has 4 rings (SSSR count). The van der Waals surface area contributed by atoms with Crippen LogP contribution in [0.15, 0.2) is 77.2 Å². The lowest BCUT2D eigenvalue weighted by Gasteiger charge is -2.14. The molecule has 0 atom stereocenters. The monoisotopic (exact) mass is 513 g/mol. The lowest BCUT2D eigenvalue weighted by atomic mass is 10.2. The normalized spacial score (nSPS) is 11.3. The lowest BCUT2D eigenvalue weighted by Crippen LogP contribution is -2.26. The van der Waals surface area contributed by atoms with Gasteiger partial charge in [-0.2, -0.15) is 0 Å². The van der Waals surface area contributed by atoms with Crippen molar-refractivity contribution >= 4 is 40.5 Å². The number of anilines is 3. The van der Waals surface area contributed by atoms with Crippen molar-refractivity contribution in [3.05, 3.63) is 83.9 Å². The smallest absolute Gasteiger partial charge is 0.492 e. The zero-order valence-electron chi connectivity index (χ0n) is 19.3. The molecular formula is C26H22F3N3O5. The van der Waals surface area contributed by atoms with Gasteiger partial charge in [0.1, 0.15) is 17.9 Å². The number of nitrogens with two attached hydrogens (primary N) is 1. The van der Waals surface area contributed by atoms with Crippen LogP contribution >= 0.6 is 0 Å². The van der Waals surface area contributed by atoms with E-state index in [0.29, 0.717) is 45.6 Å². The third kappa shape index (κ3) is 6.79. The van der Waals surface area contributed by atoms with E-state index in [0.717, 1.165) is 0 Å². The molecule has 1 aromatic heterocycles. The number of nitrogens with one attached hydrogen (secondary N) is 1. The van der Waals surface area contributed by atoms with Gasteiger partial charge >= 0.3 is 6.36 Å². The molecule has 3 aromatic carbocycles. The molecule has 0 saturated carbocycles. The van der Waals surface area contributed by atoms with Crippen molar-refractivity contribution in [2.45, 2.75) is 13.0 Å². The van der Waals surface area contributed by atoms with Gasteiger partial charge in [-0.15, -0.1) is 13.2 Å². The highest BCUT2D eigenvalue weighted by Gasteiger charge is 2.29. The molecule has 0 saturated heterocycles. The maximum absolute atomic E-state index is 12.4. The zero-order valence-corrected chi connectivity index (χ0v) is 19.3. The summed E-state index contributed by atoms with van der Waals surface area (Å²) in [6, 6.07) is 19.4. The summed E-state index contributed by atoms with van der Waals surface area (Å²) in [5, 5.41) is 3.27. The maximum atomic E-state index is 12.4. The second kappa shape index (κ2) is 11.0. The number of nitrogens with zero attached hydrogens (tertiary/aromatic N) is 1. The highest BCUT2D eigenvalue weighted by Crippen LogP contribution is 2.28. The minimum absolute atomic E-state index is 0.118. The first kappa shape index (κ1) is 25.6. The molecule has 2 amide bonds. The van der Waals surface area contributed by atoms with Crippen molar-refractivity contribution in [2.24, 2.45) is 0 Å². The van der Waals surface area contributed by atoms with E-state index >= 15 is 0 Å². The molecular weight excluding hydrogens is 491 g/mol. The molecule has 0 fully saturated rings. The van der Waals surface area contributed by atoms with Crippen LogP contribution in [0.25, 0.3) is 11.0 Å². The number of benzene rings is 3. The molecule has 3 N–H and O–H groups in total. The predicted molar refractivity (Wildman–Crippen MR) is 131 cm³/mol. The number of rotatable bonds is 10. The third-order valence-corrected chi connectivity index (χ3v) is 5.31. The molecule has 37 heavy (non-hydrogen) atoms. The van der Waals surface area contributed by atoms with Crippen LogP contribution in [-0.4, -0.2) is 31.8 Å². The highest BCUT2D eigenvalue weighted by atomic mass is 19.4. The molecule has 4 aromatic rings. The first-order chi connectivity index (χ1) is 17.7. The maximum Gasteiger partial charge on any atom is 0.522 e. The number of alkyl halides is 3. The Bertz CT molecular complexity index is 1390. The van der Waals surface area contributed by atoms with Gasteiger partial charge in [-0.3, -0.25) is 19.2 Å². The SMILES string of the molecule is Nc1ccccc1NC(=O)c1ccc(OCCN(C=O)c2cc3cc(COC(F)(F)F)ccc3o2)cc1. The molecule has 0 aliphatic heterocycles. The Kier molecular flexibility index (Phi) is 7.63. The second-order valence-electron chi connectivity index (χ2n) is 7.90. The van der Waals surface area contributed by atoms with Gasteiger partial charge in [0.15, 0.2) is 0 Å². The van der Waals surface area contributed by atoms with Crippen LogP contribution in [0.3, 0.4) is 0 Å². The largest absolute Gasteiger partial charge is 0.522 e. The summed E-state index contributed by atoms with van der Waals surface area (Å²) in [7, 11) is 0. The third-order valence-electron chi connectivity index (χ3n) is 5.31. The van der Waals surface area contributed by atoms with Crippen LogP contribution in [0.5, 0.6) is 5.75 Å². The van der Waals surface area contributed by atoms with Crippen molar-refractivity contribution in [1.82, 2.24) is 0 Å². The molecule has 0 bridgehead atoms. The van der Waals surface area contributed by atoms with E-state index < -0.39 is 13.0 Å². The molecule has 8 nitrogen and oxygen atoms in total. The highest BCUT2D eigenvalue weighted by molar-refractivity contribution is 6.05. The Labute approximate surface area is 209 Å². The molecule has 192 valence electrons. The van der Waals surface area contributed by atoms with Gasteiger partial charge in [-0.1, -0.05) is 18.2 Å². The van der Waals surface area contributed by atoms with Crippen molar-refractivity contribution in [3.8, 4) is 5.75 Å². The standard InChI is InChI=1S/C26H22F3N3O5/c27-26(28,29)36-15-17-5-10-23-19(13-17)14-24(37-23)32(16-33)11-12-35-20-8-6-18(7-9-20)25(34)31-22-4-2-1-3-21(22)30/h1-10,13-14,16H,11-12,15,30H2,(H,31,34). The van der Waals surface area contributed by atoms with Crippen LogP contribution in [0.1, 0.15) is 15.9 Å². The van der Waals surface area contributed by atoms with Crippen LogP contribution in [0.4, 0.5) is 30.4 Å². The topological polar surface area (TPSA) is 107 Å². The predicted octanol–water partition coefficient (Wildman–Crippen LogP) is 5.35. The Morgan fingerprint density at radius 3 is 2.51 bits per heavy atom. The number of hydrogen-bond acceptors (Lipinski definition) is 6. The molecule has 0 aliphatic rings. The fourth-order valence-electron chi connectivity index (χ4n) is 3.46. The van der Waals surface area contributed by atoms with Gasteiger partial charge in [0, 0.05) is 17.0 Å². The minimum atomic E-state index is -4.73. The molecule has 1 heterocycles. The second-order valence-corrected chi connectivity index (χ2v) is 7.90. The number of ether oxygens (including phenoxy) is 2. The number of hydrogen-bond donors (Lipinski definition) is 2. The van der Waals surface area contributed by atoms with Crippen molar-refractivity contribution < 1.29 is 36.7 Å². The van der Waals surface area contributed by atoms with Crippen molar-refractivity contribution in [3.63, 3.8) is 0 Å². The molecule has 0 spiro atoms. The summed E-state index contributed by atoms with van der Waals surface area (Å²) < 4.78 is 52.0. The zero-order chi connectivity index (χ0) is 26.4. The number of amides is 2. The summed E-state index contributed by atoms with van der Waals surface area (Å²) in [6.07, 6.45) is -4.16. The minimum Gasteiger partial charge on any atom is -0.492 e. The average Bonchev–Trinajstić information content (AvgIpc) is 3.30. The number of halogens is 3. The quantitative estimate of drug-likeness (QED) is 0.219. The van der Waals surface area contributed by atoms with Gasteiger partial charge < -0.3 is 20.2 Å². The summed E-state index contributed by atoms with van der Waals surface area (Å²) in [6.45, 7) is -0.374. The number of fused-ring (bicyclic) bond motifs is 1. The lowest BCUT2D eigenvalue weighted by molar-refractivity contribution is -0.330. The summed E-state index contributed by atoms with van der Waals surface area (Å²) in [5.74, 6) is 0.379. The van der Waals surface area contributed by atoms with Gasteiger partial charge in [-0.25, -0.2) is 0 Å². The fraction of sp³-hybridized carbons (Fsp3) is 0.154.